The van der Waals surface area contributed by atoms with Crippen LogP contribution < -0.4 is 18.9 Å². The van der Waals surface area contributed by atoms with Crippen molar-refractivity contribution < 1.29 is 38.0 Å². The van der Waals surface area contributed by atoms with Gasteiger partial charge in [-0.3, -0.25) is 9.59 Å². The lowest BCUT2D eigenvalue weighted by Crippen LogP contribution is -2.19. The quantitative estimate of drug-likeness (QED) is 0.0929. The maximum Gasteiger partial charge on any atom is 0.195 e. The minimum absolute atomic E-state index is 0.0637. The fourth-order valence-corrected chi connectivity index (χ4v) is 4.06. The van der Waals surface area contributed by atoms with Gasteiger partial charge in [0.25, 0.3) is 0 Å². The van der Waals surface area contributed by atoms with E-state index >= 15 is 0 Å². The average molecular weight is 654 g/mol. The molecule has 236 valence electrons. The fourth-order valence-electron chi connectivity index (χ4n) is 3.80. The number of Topliss-reactive ketones (excluding diaryl/α,β-unsaturated/α-hetero) is 2. The van der Waals surface area contributed by atoms with Crippen LogP contribution in [0.5, 0.6) is 23.0 Å². The highest BCUT2D eigenvalue weighted by Crippen LogP contribution is 2.20. The lowest BCUT2D eigenvalue weighted by atomic mass is 10.2. The molecule has 0 fully saturated rings. The number of ketones is 2. The van der Waals surface area contributed by atoms with Gasteiger partial charge in [-0.2, -0.15) is 0 Å². The smallest absolute Gasteiger partial charge is 0.195 e. The van der Waals surface area contributed by atoms with Crippen molar-refractivity contribution in [3.05, 3.63) is 118 Å². The number of halogens is 2. The highest BCUT2D eigenvalue weighted by molar-refractivity contribution is 6.30. The molecule has 0 atom stereocenters. The molecule has 10 heteroatoms. The first kappa shape index (κ1) is 33.8. The average Bonchev–Trinajstić information content (AvgIpc) is 3.06. The summed E-state index contributed by atoms with van der Waals surface area (Å²) in [7, 11) is 0. The molecule has 4 aromatic carbocycles. The van der Waals surface area contributed by atoms with Crippen LogP contribution in [-0.4, -0.2) is 51.2 Å². The Morgan fingerprint density at radius 2 is 0.778 bits per heavy atom. The number of hydrogen-bond donors (Lipinski definition) is 0. The second-order valence-corrected chi connectivity index (χ2v) is 10.8. The Morgan fingerprint density at radius 3 is 1.16 bits per heavy atom. The molecule has 0 unspecified atom stereocenters. The van der Waals surface area contributed by atoms with E-state index in [2.05, 4.69) is 0 Å². The van der Waals surface area contributed by atoms with Crippen molar-refractivity contribution in [2.24, 2.45) is 0 Å². The lowest BCUT2D eigenvalue weighted by Gasteiger charge is -2.09. The fraction of sp³-hybridized carbons (Fsp3) is 0.257. The SMILES string of the molecule is O=C(COCCCOCC(=O)COc1ccc(COc2ccc(Cl)cc2)cc1)COc1ccc(COc2ccc(Cl)cc2)cc1. The number of carbonyl (C=O) groups is 2. The molecule has 0 bridgehead atoms. The molecule has 0 heterocycles. The van der Waals surface area contributed by atoms with Crippen LogP contribution in [0, 0.1) is 0 Å². The first-order valence-electron chi connectivity index (χ1n) is 14.3. The van der Waals surface area contributed by atoms with Crippen LogP contribution >= 0.6 is 23.2 Å². The van der Waals surface area contributed by atoms with Gasteiger partial charge in [0.15, 0.2) is 11.6 Å². The van der Waals surface area contributed by atoms with Gasteiger partial charge in [-0.25, -0.2) is 0 Å². The second kappa shape index (κ2) is 18.7. The lowest BCUT2D eigenvalue weighted by molar-refractivity contribution is -0.126. The zero-order chi connectivity index (χ0) is 31.7. The number of ether oxygens (including phenoxy) is 6. The summed E-state index contributed by atoms with van der Waals surface area (Å²) < 4.78 is 33.3. The van der Waals surface area contributed by atoms with Gasteiger partial charge in [0.05, 0.1) is 0 Å². The van der Waals surface area contributed by atoms with Crippen molar-refractivity contribution >= 4 is 34.8 Å². The van der Waals surface area contributed by atoms with Gasteiger partial charge < -0.3 is 28.4 Å². The summed E-state index contributed by atoms with van der Waals surface area (Å²) in [6.45, 7) is 1.14. The van der Waals surface area contributed by atoms with Crippen LogP contribution in [0.1, 0.15) is 17.5 Å². The molecule has 0 N–H and O–H groups in total. The zero-order valence-electron chi connectivity index (χ0n) is 24.6. The van der Waals surface area contributed by atoms with Crippen molar-refractivity contribution in [1.29, 1.82) is 0 Å². The van der Waals surface area contributed by atoms with E-state index in [9.17, 15) is 9.59 Å². The third-order valence-corrected chi connectivity index (χ3v) is 6.69. The predicted octanol–water partition coefficient (Wildman–Crippen LogP) is 7.17. The summed E-state index contributed by atoms with van der Waals surface area (Å²) in [6.07, 6.45) is 0.543. The van der Waals surface area contributed by atoms with E-state index in [4.69, 9.17) is 51.6 Å². The standard InChI is InChI=1S/C35H34Cl2O8/c36-28-6-14-34(15-7-28)42-20-26-2-10-32(11-3-26)44-24-30(38)22-40-18-1-19-41-23-31(39)25-45-33-12-4-27(5-13-33)21-43-35-16-8-29(37)9-17-35/h2-17H,1,18-25H2. The van der Waals surface area contributed by atoms with Gasteiger partial charge in [0.1, 0.15) is 62.6 Å². The van der Waals surface area contributed by atoms with Crippen LogP contribution in [0.2, 0.25) is 10.0 Å². The van der Waals surface area contributed by atoms with Crippen molar-refractivity contribution in [2.45, 2.75) is 19.6 Å². The zero-order valence-corrected chi connectivity index (χ0v) is 26.1. The van der Waals surface area contributed by atoms with E-state index in [1.165, 1.54) is 0 Å². The maximum absolute atomic E-state index is 12.1. The normalized spacial score (nSPS) is 10.7. The van der Waals surface area contributed by atoms with Crippen molar-refractivity contribution in [1.82, 2.24) is 0 Å². The van der Waals surface area contributed by atoms with Gasteiger partial charge in [-0.1, -0.05) is 47.5 Å². The molecule has 0 amide bonds. The first-order valence-corrected chi connectivity index (χ1v) is 15.1. The summed E-state index contributed by atoms with van der Waals surface area (Å²) in [6, 6.07) is 29.0. The summed E-state index contributed by atoms with van der Waals surface area (Å²) in [5.74, 6) is 2.26. The Hall–Kier alpha value is -4.08. The Labute approximate surface area is 272 Å². The van der Waals surface area contributed by atoms with Crippen molar-refractivity contribution in [3.63, 3.8) is 0 Å². The molecule has 0 aliphatic carbocycles. The number of hydrogen-bond acceptors (Lipinski definition) is 8. The number of rotatable bonds is 20. The van der Waals surface area contributed by atoms with E-state index in [-0.39, 0.29) is 38.0 Å². The van der Waals surface area contributed by atoms with Gasteiger partial charge >= 0.3 is 0 Å². The highest BCUT2D eigenvalue weighted by atomic mass is 35.5. The molecule has 0 spiro atoms. The van der Waals surface area contributed by atoms with E-state index in [1.807, 2.05) is 48.5 Å². The third-order valence-electron chi connectivity index (χ3n) is 6.19. The molecule has 45 heavy (non-hydrogen) atoms. The van der Waals surface area contributed by atoms with E-state index in [0.717, 1.165) is 22.6 Å². The monoisotopic (exact) mass is 652 g/mol. The molecule has 0 aliphatic heterocycles. The highest BCUT2D eigenvalue weighted by Gasteiger charge is 2.07. The van der Waals surface area contributed by atoms with E-state index in [0.29, 0.717) is 54.4 Å². The molecule has 0 aliphatic rings. The van der Waals surface area contributed by atoms with Crippen molar-refractivity contribution in [2.75, 3.05) is 39.6 Å². The van der Waals surface area contributed by atoms with Crippen LogP contribution in [-0.2, 0) is 32.3 Å². The molecular weight excluding hydrogens is 619 g/mol. The minimum atomic E-state index is -0.180. The Bertz CT molecular complexity index is 1350. The van der Waals surface area contributed by atoms with Gasteiger partial charge in [-0.05, 0) is 90.3 Å². The Morgan fingerprint density at radius 1 is 0.444 bits per heavy atom. The topological polar surface area (TPSA) is 89.5 Å². The van der Waals surface area contributed by atoms with Crippen LogP contribution in [0.25, 0.3) is 0 Å². The largest absolute Gasteiger partial charge is 0.489 e. The summed E-state index contributed by atoms with van der Waals surface area (Å²) >= 11 is 11.8. The molecule has 0 radical (unpaired) electrons. The molecule has 4 rings (SSSR count). The second-order valence-electron chi connectivity index (χ2n) is 9.89. The van der Waals surface area contributed by atoms with Gasteiger partial charge in [0.2, 0.25) is 0 Å². The third kappa shape index (κ3) is 13.2. The maximum atomic E-state index is 12.1. The van der Waals surface area contributed by atoms with Gasteiger partial charge in [-0.15, -0.1) is 0 Å². The summed E-state index contributed by atoms with van der Waals surface area (Å²) in [5.41, 5.74) is 1.93. The Balaban J connectivity index is 0.981. The predicted molar refractivity (Wildman–Crippen MR) is 172 cm³/mol. The molecule has 0 saturated carbocycles. The molecule has 0 saturated heterocycles. The Kier molecular flexibility index (Phi) is 14.0. The molecular formula is C35H34Cl2O8. The van der Waals surface area contributed by atoms with Crippen molar-refractivity contribution in [3.8, 4) is 23.0 Å². The molecule has 0 aromatic heterocycles. The first-order chi connectivity index (χ1) is 21.9. The van der Waals surface area contributed by atoms with Gasteiger partial charge in [0, 0.05) is 23.3 Å². The molecule has 8 nitrogen and oxygen atoms in total. The minimum Gasteiger partial charge on any atom is -0.489 e. The molecule has 4 aromatic rings. The number of benzene rings is 4. The summed E-state index contributed by atoms with van der Waals surface area (Å²) in [4.78, 5) is 24.1. The van der Waals surface area contributed by atoms with E-state index < -0.39 is 0 Å². The van der Waals surface area contributed by atoms with Crippen LogP contribution in [0.4, 0.5) is 0 Å². The summed E-state index contributed by atoms with van der Waals surface area (Å²) in [5, 5.41) is 1.31. The van der Waals surface area contributed by atoms with Crippen LogP contribution in [0.3, 0.4) is 0 Å². The number of carbonyl (C=O) groups excluding carboxylic acids is 2. The van der Waals surface area contributed by atoms with Crippen LogP contribution in [0.15, 0.2) is 97.1 Å². The van der Waals surface area contributed by atoms with E-state index in [1.54, 1.807) is 48.5 Å².